The molecule has 4 N–H and O–H groups in total. The lowest BCUT2D eigenvalue weighted by Gasteiger charge is -2.19. The third-order valence-corrected chi connectivity index (χ3v) is 3.14. The fourth-order valence-electron chi connectivity index (χ4n) is 1.96. The van der Waals surface area contributed by atoms with Gasteiger partial charge >= 0.3 is 5.97 Å². The highest BCUT2D eigenvalue weighted by atomic mass is 16.4. The molecular formula is C14H20N2O3. The molecule has 0 radical (unpaired) electrons. The fraction of sp³-hybridized carbons (Fsp3) is 0.429. The Kier molecular flexibility index (Phi) is 5.06. The van der Waals surface area contributed by atoms with Crippen molar-refractivity contribution in [1.29, 1.82) is 0 Å². The molecule has 0 aliphatic rings. The predicted molar refractivity (Wildman–Crippen MR) is 74.2 cm³/mol. The molecule has 104 valence electrons. The first-order valence-electron chi connectivity index (χ1n) is 6.22. The molecule has 0 saturated heterocycles. The van der Waals surface area contributed by atoms with Gasteiger partial charge in [-0.15, -0.1) is 0 Å². The van der Waals surface area contributed by atoms with Gasteiger partial charge in [-0.25, -0.2) is 4.79 Å². The van der Waals surface area contributed by atoms with Crippen LogP contribution in [0.25, 0.3) is 0 Å². The Balaban J connectivity index is 3.03. The molecule has 0 aliphatic heterocycles. The summed E-state index contributed by atoms with van der Waals surface area (Å²) in [5.74, 6) is -1.53. The number of rotatable bonds is 5. The summed E-state index contributed by atoms with van der Waals surface area (Å²) in [4.78, 5) is 23.3. The van der Waals surface area contributed by atoms with Gasteiger partial charge in [0.25, 0.3) is 0 Å². The van der Waals surface area contributed by atoms with E-state index in [0.29, 0.717) is 11.3 Å². The van der Waals surface area contributed by atoms with Crippen LogP contribution in [0.2, 0.25) is 0 Å². The summed E-state index contributed by atoms with van der Waals surface area (Å²) in [6.45, 7) is 5.75. The number of aromatic carboxylic acids is 1. The second-order valence-electron chi connectivity index (χ2n) is 4.88. The van der Waals surface area contributed by atoms with Crippen LogP contribution in [0.4, 0.5) is 5.69 Å². The van der Waals surface area contributed by atoms with E-state index >= 15 is 0 Å². The average Bonchev–Trinajstić information content (AvgIpc) is 2.28. The van der Waals surface area contributed by atoms with Crippen LogP contribution in [0, 0.1) is 18.8 Å². The summed E-state index contributed by atoms with van der Waals surface area (Å²) >= 11 is 0. The summed E-state index contributed by atoms with van der Waals surface area (Å²) in [5.41, 5.74) is 6.63. The van der Waals surface area contributed by atoms with Crippen molar-refractivity contribution in [2.75, 3.05) is 11.9 Å². The summed E-state index contributed by atoms with van der Waals surface area (Å²) in [7, 11) is 0. The maximum atomic E-state index is 12.1. The average molecular weight is 264 g/mol. The number of amides is 1. The van der Waals surface area contributed by atoms with Gasteiger partial charge in [0.2, 0.25) is 5.91 Å². The van der Waals surface area contributed by atoms with Gasteiger partial charge in [-0.1, -0.05) is 26.0 Å². The summed E-state index contributed by atoms with van der Waals surface area (Å²) in [6.07, 6.45) is 0. The largest absolute Gasteiger partial charge is 0.478 e. The van der Waals surface area contributed by atoms with E-state index in [1.807, 2.05) is 13.8 Å². The number of carbonyl (C=O) groups is 2. The summed E-state index contributed by atoms with van der Waals surface area (Å²) in [6, 6.07) is 4.99. The van der Waals surface area contributed by atoms with Crippen molar-refractivity contribution in [3.63, 3.8) is 0 Å². The Morgan fingerprint density at radius 1 is 1.37 bits per heavy atom. The lowest BCUT2D eigenvalue weighted by molar-refractivity contribution is -0.120. The summed E-state index contributed by atoms with van der Waals surface area (Å²) in [5, 5.41) is 11.9. The van der Waals surface area contributed by atoms with Gasteiger partial charge in [-0.3, -0.25) is 4.79 Å². The monoisotopic (exact) mass is 264 g/mol. The van der Waals surface area contributed by atoms with E-state index in [1.54, 1.807) is 25.1 Å². The number of carboxylic acids is 1. The second kappa shape index (κ2) is 6.33. The third kappa shape index (κ3) is 3.54. The molecule has 0 aromatic heterocycles. The van der Waals surface area contributed by atoms with Crippen LogP contribution in [-0.2, 0) is 4.79 Å². The topological polar surface area (TPSA) is 92.4 Å². The van der Waals surface area contributed by atoms with E-state index in [1.165, 1.54) is 0 Å². The van der Waals surface area contributed by atoms with Gasteiger partial charge in [-0.05, 0) is 24.5 Å². The van der Waals surface area contributed by atoms with Crippen molar-refractivity contribution in [2.45, 2.75) is 20.8 Å². The predicted octanol–water partition coefficient (Wildman–Crippen LogP) is 1.86. The van der Waals surface area contributed by atoms with Crippen molar-refractivity contribution in [1.82, 2.24) is 0 Å². The molecule has 0 fully saturated rings. The number of hydrogen-bond donors (Lipinski definition) is 3. The SMILES string of the molecule is Cc1cccc(NC(=O)C(CN)C(C)C)c1C(=O)O. The van der Waals surface area contributed by atoms with Crippen molar-refractivity contribution in [3.8, 4) is 0 Å². The van der Waals surface area contributed by atoms with Crippen LogP contribution in [0.3, 0.4) is 0 Å². The Bertz CT molecular complexity index is 484. The van der Waals surface area contributed by atoms with E-state index in [4.69, 9.17) is 5.73 Å². The fourth-order valence-corrected chi connectivity index (χ4v) is 1.96. The second-order valence-corrected chi connectivity index (χ2v) is 4.88. The highest BCUT2D eigenvalue weighted by Gasteiger charge is 2.22. The molecule has 1 atom stereocenters. The minimum Gasteiger partial charge on any atom is -0.478 e. The van der Waals surface area contributed by atoms with Crippen LogP contribution in [0.5, 0.6) is 0 Å². The minimum atomic E-state index is -1.05. The zero-order valence-corrected chi connectivity index (χ0v) is 11.4. The molecule has 19 heavy (non-hydrogen) atoms. The first kappa shape index (κ1) is 15.2. The zero-order valence-electron chi connectivity index (χ0n) is 11.4. The molecule has 5 nitrogen and oxygen atoms in total. The Hall–Kier alpha value is -1.88. The molecule has 1 aromatic carbocycles. The molecule has 0 heterocycles. The van der Waals surface area contributed by atoms with Crippen LogP contribution in [0.15, 0.2) is 18.2 Å². The van der Waals surface area contributed by atoms with Gasteiger partial charge < -0.3 is 16.2 Å². The number of aryl methyl sites for hydroxylation is 1. The Morgan fingerprint density at radius 3 is 2.47 bits per heavy atom. The maximum absolute atomic E-state index is 12.1. The number of nitrogens with one attached hydrogen (secondary N) is 1. The van der Waals surface area contributed by atoms with Crippen LogP contribution >= 0.6 is 0 Å². The number of hydrogen-bond acceptors (Lipinski definition) is 3. The van der Waals surface area contributed by atoms with Gasteiger partial charge in [0.1, 0.15) is 0 Å². The molecule has 0 saturated carbocycles. The molecule has 5 heteroatoms. The number of benzene rings is 1. The van der Waals surface area contributed by atoms with Gasteiger partial charge in [-0.2, -0.15) is 0 Å². The van der Waals surface area contributed by atoms with E-state index < -0.39 is 5.97 Å². The van der Waals surface area contributed by atoms with Crippen molar-refractivity contribution >= 4 is 17.6 Å². The molecule has 1 unspecified atom stereocenters. The van der Waals surface area contributed by atoms with Crippen LogP contribution < -0.4 is 11.1 Å². The van der Waals surface area contributed by atoms with Crippen molar-refractivity contribution in [2.24, 2.45) is 17.6 Å². The normalized spacial score (nSPS) is 12.3. The Labute approximate surface area is 112 Å². The first-order chi connectivity index (χ1) is 8.88. The third-order valence-electron chi connectivity index (χ3n) is 3.14. The quantitative estimate of drug-likeness (QED) is 0.756. The summed E-state index contributed by atoms with van der Waals surface area (Å²) < 4.78 is 0. The van der Waals surface area contributed by atoms with E-state index in [0.717, 1.165) is 0 Å². The van der Waals surface area contributed by atoms with Crippen LogP contribution in [-0.4, -0.2) is 23.5 Å². The molecule has 0 spiro atoms. The molecular weight excluding hydrogens is 244 g/mol. The van der Waals surface area contributed by atoms with E-state index in [9.17, 15) is 14.7 Å². The van der Waals surface area contributed by atoms with Gasteiger partial charge in [0, 0.05) is 6.54 Å². The molecule has 0 aliphatic carbocycles. The number of nitrogens with two attached hydrogens (primary N) is 1. The maximum Gasteiger partial charge on any atom is 0.338 e. The standard InChI is InChI=1S/C14H20N2O3/c1-8(2)10(7-15)13(17)16-11-6-4-5-9(3)12(11)14(18)19/h4-6,8,10H,7,15H2,1-3H3,(H,16,17)(H,18,19). The van der Waals surface area contributed by atoms with Crippen molar-refractivity contribution in [3.05, 3.63) is 29.3 Å². The van der Waals surface area contributed by atoms with Gasteiger partial charge in [0.05, 0.1) is 17.2 Å². The number of carbonyl (C=O) groups excluding carboxylic acids is 1. The van der Waals surface area contributed by atoms with Crippen LogP contribution in [0.1, 0.15) is 29.8 Å². The molecule has 0 bridgehead atoms. The van der Waals surface area contributed by atoms with Crippen molar-refractivity contribution < 1.29 is 14.7 Å². The number of carboxylic acid groups (broad SMARTS) is 1. The smallest absolute Gasteiger partial charge is 0.338 e. The van der Waals surface area contributed by atoms with Gasteiger partial charge in [0.15, 0.2) is 0 Å². The van der Waals surface area contributed by atoms with E-state index in [-0.39, 0.29) is 29.9 Å². The minimum absolute atomic E-state index is 0.100. The lowest BCUT2D eigenvalue weighted by atomic mass is 9.95. The first-order valence-corrected chi connectivity index (χ1v) is 6.22. The van der Waals surface area contributed by atoms with E-state index in [2.05, 4.69) is 5.32 Å². The number of anilines is 1. The Morgan fingerprint density at radius 2 is 2.00 bits per heavy atom. The molecule has 1 aromatic rings. The highest BCUT2D eigenvalue weighted by Crippen LogP contribution is 2.21. The highest BCUT2D eigenvalue weighted by molar-refractivity contribution is 6.02. The zero-order chi connectivity index (χ0) is 14.6. The lowest BCUT2D eigenvalue weighted by Crippen LogP contribution is -2.33. The molecule has 1 amide bonds. The molecule has 1 rings (SSSR count).